The zero-order valence-corrected chi connectivity index (χ0v) is 17.0. The van der Waals surface area contributed by atoms with E-state index in [0.717, 1.165) is 11.1 Å². The molecule has 4 nitrogen and oxygen atoms in total. The molecule has 0 spiro atoms. The van der Waals surface area contributed by atoms with Gasteiger partial charge in [-0.15, -0.1) is 0 Å². The van der Waals surface area contributed by atoms with Gasteiger partial charge in [0.15, 0.2) is 0 Å². The molecule has 3 N–H and O–H groups in total. The van der Waals surface area contributed by atoms with Gasteiger partial charge in [-0.05, 0) is 29.2 Å². The van der Waals surface area contributed by atoms with Crippen molar-refractivity contribution < 1.29 is 14.6 Å². The highest BCUT2D eigenvalue weighted by Crippen LogP contribution is 2.44. The molecular formula is C19H24Cl2NO3P. The van der Waals surface area contributed by atoms with Crippen LogP contribution in [-0.4, -0.2) is 35.4 Å². The predicted molar refractivity (Wildman–Crippen MR) is 109 cm³/mol. The molecule has 2 rings (SSSR count). The van der Waals surface area contributed by atoms with E-state index < -0.39 is 13.5 Å². The molecule has 0 aromatic heterocycles. The Balaban J connectivity index is 1.78. The zero-order chi connectivity index (χ0) is 19.2. The molecule has 0 saturated carbocycles. The number of rotatable bonds is 9. The molecule has 0 aliphatic heterocycles. The summed E-state index contributed by atoms with van der Waals surface area (Å²) in [5, 5.41) is 14.3. The van der Waals surface area contributed by atoms with Crippen LogP contribution >= 0.6 is 30.6 Å². The van der Waals surface area contributed by atoms with Crippen molar-refractivity contribution in [3.8, 4) is 0 Å². The Labute approximate surface area is 164 Å². The lowest BCUT2D eigenvalue weighted by Crippen LogP contribution is -2.32. The van der Waals surface area contributed by atoms with Gasteiger partial charge in [0.25, 0.3) is 0 Å². The zero-order valence-electron chi connectivity index (χ0n) is 14.6. The van der Waals surface area contributed by atoms with Crippen molar-refractivity contribution in [3.63, 3.8) is 0 Å². The molecular weight excluding hydrogens is 392 g/mol. The first-order valence-electron chi connectivity index (χ1n) is 8.45. The van der Waals surface area contributed by atoms with Crippen LogP contribution in [-0.2, 0) is 10.7 Å². The molecule has 0 aliphatic carbocycles. The lowest BCUT2D eigenvalue weighted by molar-refractivity contribution is 0.190. The minimum atomic E-state index is -3.43. The number of aliphatic hydroxyl groups is 1. The Bertz CT molecular complexity index is 758. The number of benzene rings is 2. The third-order valence-electron chi connectivity index (χ3n) is 4.11. The number of halogens is 2. The molecule has 0 bridgehead atoms. The lowest BCUT2D eigenvalue weighted by Gasteiger charge is -2.19. The quantitative estimate of drug-likeness (QED) is 0.526. The van der Waals surface area contributed by atoms with E-state index in [1.165, 1.54) is 0 Å². The Kier molecular flexibility index (Phi) is 8.15. The van der Waals surface area contributed by atoms with E-state index in [4.69, 9.17) is 23.2 Å². The predicted octanol–water partition coefficient (Wildman–Crippen LogP) is 4.52. The topological polar surface area (TPSA) is 69.6 Å². The summed E-state index contributed by atoms with van der Waals surface area (Å²) >= 11 is 12.0. The second-order valence-corrected chi connectivity index (χ2v) is 9.75. The summed E-state index contributed by atoms with van der Waals surface area (Å²) in [5.74, 6) is 0.169. The maximum atomic E-state index is 12.3. The third-order valence-corrected chi connectivity index (χ3v) is 6.70. The van der Waals surface area contributed by atoms with Gasteiger partial charge in [-0.25, -0.2) is 0 Å². The van der Waals surface area contributed by atoms with Crippen molar-refractivity contribution in [1.29, 1.82) is 0 Å². The molecule has 0 amide bonds. The number of nitrogens with one attached hydrogen (secondary N) is 1. The van der Waals surface area contributed by atoms with Gasteiger partial charge in [0.1, 0.15) is 0 Å². The summed E-state index contributed by atoms with van der Waals surface area (Å²) in [6, 6.07) is 14.7. The van der Waals surface area contributed by atoms with Crippen LogP contribution in [0.15, 0.2) is 48.5 Å². The van der Waals surface area contributed by atoms with Crippen molar-refractivity contribution in [1.82, 2.24) is 5.32 Å². The Hall–Kier alpha value is -0.870. The third kappa shape index (κ3) is 7.03. The SMILES string of the molecule is CC(CNC[C@H](O)CP(=O)(O)Cc1ccccc1)c1ccc(Cl)c(Cl)c1. The molecule has 2 aromatic rings. The highest BCUT2D eigenvalue weighted by Gasteiger charge is 2.23. The molecule has 0 heterocycles. The largest absolute Gasteiger partial charge is 0.391 e. The van der Waals surface area contributed by atoms with Crippen LogP contribution < -0.4 is 5.32 Å². The average molecular weight is 416 g/mol. The fraction of sp³-hybridized carbons (Fsp3) is 0.368. The van der Waals surface area contributed by atoms with Gasteiger partial charge in [0.2, 0.25) is 7.37 Å². The van der Waals surface area contributed by atoms with Crippen LogP contribution in [0.3, 0.4) is 0 Å². The van der Waals surface area contributed by atoms with Crippen LogP contribution in [0.1, 0.15) is 24.0 Å². The van der Waals surface area contributed by atoms with Crippen molar-refractivity contribution in [3.05, 3.63) is 69.7 Å². The molecule has 0 fully saturated rings. The first-order chi connectivity index (χ1) is 12.3. The maximum Gasteiger partial charge on any atom is 0.207 e. The van der Waals surface area contributed by atoms with Crippen molar-refractivity contribution in [2.75, 3.05) is 19.3 Å². The molecule has 26 heavy (non-hydrogen) atoms. The average Bonchev–Trinajstić information content (AvgIpc) is 2.57. The molecule has 2 unspecified atom stereocenters. The van der Waals surface area contributed by atoms with E-state index in [9.17, 15) is 14.6 Å². The van der Waals surface area contributed by atoms with Gasteiger partial charge in [0, 0.05) is 19.3 Å². The molecule has 0 aliphatic rings. The second kappa shape index (κ2) is 9.89. The van der Waals surface area contributed by atoms with Crippen LogP contribution in [0.2, 0.25) is 10.0 Å². The minimum absolute atomic E-state index is 0.0740. The Morgan fingerprint density at radius 3 is 2.42 bits per heavy atom. The fourth-order valence-corrected chi connectivity index (χ4v) is 4.74. The smallest absolute Gasteiger partial charge is 0.207 e. The first kappa shape index (κ1) is 21.4. The van der Waals surface area contributed by atoms with Gasteiger partial charge >= 0.3 is 0 Å². The lowest BCUT2D eigenvalue weighted by atomic mass is 10.0. The summed E-state index contributed by atoms with van der Waals surface area (Å²) in [6.07, 6.45) is -0.934. The van der Waals surface area contributed by atoms with Gasteiger partial charge < -0.3 is 15.3 Å². The standard InChI is InChI=1S/C19H24Cl2NO3P/c1-14(16-7-8-18(20)19(21)9-16)10-22-11-17(23)13-26(24,25)12-15-5-3-2-4-6-15/h2-9,14,17,22-23H,10-13H2,1H3,(H,24,25)/t14?,17-/m0/s1. The highest BCUT2D eigenvalue weighted by molar-refractivity contribution is 7.57. The van der Waals surface area contributed by atoms with E-state index in [1.54, 1.807) is 6.07 Å². The summed E-state index contributed by atoms with van der Waals surface area (Å²) in [4.78, 5) is 10.1. The molecule has 7 heteroatoms. The van der Waals surface area contributed by atoms with Gasteiger partial charge in [-0.3, -0.25) is 4.57 Å². The summed E-state index contributed by atoms with van der Waals surface area (Å²) in [6.45, 7) is 2.90. The molecule has 2 aromatic carbocycles. The van der Waals surface area contributed by atoms with Crippen molar-refractivity contribution in [2.45, 2.75) is 25.1 Å². The molecule has 142 valence electrons. The van der Waals surface area contributed by atoms with Crippen molar-refractivity contribution >= 4 is 30.6 Å². The Morgan fingerprint density at radius 2 is 1.77 bits per heavy atom. The van der Waals surface area contributed by atoms with E-state index >= 15 is 0 Å². The fourth-order valence-electron chi connectivity index (χ4n) is 2.73. The minimum Gasteiger partial charge on any atom is -0.391 e. The summed E-state index contributed by atoms with van der Waals surface area (Å²) < 4.78 is 12.3. The van der Waals surface area contributed by atoms with Crippen molar-refractivity contribution in [2.24, 2.45) is 0 Å². The van der Waals surface area contributed by atoms with Crippen LogP contribution in [0.25, 0.3) is 0 Å². The first-order valence-corrected chi connectivity index (χ1v) is 11.2. The monoisotopic (exact) mass is 415 g/mol. The summed E-state index contributed by atoms with van der Waals surface area (Å²) in [5.41, 5.74) is 1.84. The Morgan fingerprint density at radius 1 is 1.08 bits per heavy atom. The van der Waals surface area contributed by atoms with E-state index in [2.05, 4.69) is 5.32 Å². The van der Waals surface area contributed by atoms with E-state index in [1.807, 2.05) is 49.4 Å². The molecule has 0 radical (unpaired) electrons. The van der Waals surface area contributed by atoms with E-state index in [-0.39, 0.29) is 24.8 Å². The van der Waals surface area contributed by atoms with Crippen LogP contribution in [0, 0.1) is 0 Å². The molecule has 0 saturated heterocycles. The van der Waals surface area contributed by atoms with Crippen LogP contribution in [0.5, 0.6) is 0 Å². The number of aliphatic hydroxyl groups excluding tert-OH is 1. The molecule has 3 atom stereocenters. The van der Waals surface area contributed by atoms with Gasteiger partial charge in [0.05, 0.1) is 22.3 Å². The number of hydrogen-bond donors (Lipinski definition) is 3. The van der Waals surface area contributed by atoms with Gasteiger partial charge in [-0.2, -0.15) is 0 Å². The van der Waals surface area contributed by atoms with Gasteiger partial charge in [-0.1, -0.05) is 66.5 Å². The van der Waals surface area contributed by atoms with Crippen LogP contribution in [0.4, 0.5) is 0 Å². The highest BCUT2D eigenvalue weighted by atomic mass is 35.5. The normalized spacial score (nSPS) is 16.0. The second-order valence-electron chi connectivity index (χ2n) is 6.56. The summed E-state index contributed by atoms with van der Waals surface area (Å²) in [7, 11) is -3.43. The maximum absolute atomic E-state index is 12.3. The number of hydrogen-bond acceptors (Lipinski definition) is 3. The van der Waals surface area contributed by atoms with E-state index in [0.29, 0.717) is 16.6 Å².